The smallest absolute Gasteiger partial charge is 0.394 e. The van der Waals surface area contributed by atoms with Gasteiger partial charge in [0.25, 0.3) is 0 Å². The van der Waals surface area contributed by atoms with Crippen molar-refractivity contribution in [2.75, 3.05) is 18.1 Å². The first-order valence-electron chi connectivity index (χ1n) is 6.75. The van der Waals surface area contributed by atoms with E-state index in [-0.39, 0.29) is 19.2 Å². The molecule has 1 unspecified atom stereocenters. The Morgan fingerprint density at radius 3 is 2.65 bits per heavy atom. The number of hydrogen-bond acceptors (Lipinski definition) is 3. The number of benzene rings is 1. The Hall–Kier alpha value is -1.27. The lowest BCUT2D eigenvalue weighted by Crippen LogP contribution is -2.42. The molecule has 0 amide bonds. The van der Waals surface area contributed by atoms with Gasteiger partial charge in [-0.25, -0.2) is 0 Å². The van der Waals surface area contributed by atoms with Crippen molar-refractivity contribution < 1.29 is 18.3 Å². The molecule has 1 heterocycles. The fourth-order valence-corrected chi connectivity index (χ4v) is 2.71. The van der Waals surface area contributed by atoms with Crippen LogP contribution in [0, 0.1) is 0 Å². The molecule has 0 aromatic heterocycles. The predicted molar refractivity (Wildman–Crippen MR) is 71.4 cm³/mol. The summed E-state index contributed by atoms with van der Waals surface area (Å²) in [5.74, 6) is 0. The molecule has 1 aliphatic heterocycles. The molecule has 1 atom stereocenters. The lowest BCUT2D eigenvalue weighted by Gasteiger charge is -2.37. The van der Waals surface area contributed by atoms with Crippen molar-refractivity contribution in [1.82, 2.24) is 0 Å². The Balaban J connectivity index is 2.36. The van der Waals surface area contributed by atoms with Crippen LogP contribution in [0.25, 0.3) is 0 Å². The number of rotatable bonds is 3. The molecule has 1 saturated heterocycles. The second-order valence-corrected chi connectivity index (χ2v) is 5.07. The number of halogens is 3. The maximum absolute atomic E-state index is 12.7. The Morgan fingerprint density at radius 1 is 1.30 bits per heavy atom. The minimum absolute atomic E-state index is 0.00499. The molecule has 20 heavy (non-hydrogen) atoms. The molecule has 1 fully saturated rings. The van der Waals surface area contributed by atoms with Gasteiger partial charge in [0.05, 0.1) is 18.2 Å². The van der Waals surface area contributed by atoms with Gasteiger partial charge in [-0.2, -0.15) is 13.2 Å². The van der Waals surface area contributed by atoms with Gasteiger partial charge < -0.3 is 15.7 Å². The standard InChI is InChI=1S/C14H19F3N2O/c15-14(16,17)11-4-5-13(10(7-11)8-18)19-6-2-1-3-12(19)9-20/h4-5,7,12,20H,1-3,6,8-9,18H2. The summed E-state index contributed by atoms with van der Waals surface area (Å²) in [6.45, 7) is 0.794. The van der Waals surface area contributed by atoms with E-state index in [2.05, 4.69) is 0 Å². The summed E-state index contributed by atoms with van der Waals surface area (Å²) < 4.78 is 38.2. The first-order chi connectivity index (χ1) is 9.47. The molecule has 1 aliphatic rings. The fraction of sp³-hybridized carbons (Fsp3) is 0.571. The van der Waals surface area contributed by atoms with Crippen LogP contribution in [0.4, 0.5) is 18.9 Å². The van der Waals surface area contributed by atoms with Gasteiger partial charge >= 0.3 is 6.18 Å². The molecule has 0 saturated carbocycles. The largest absolute Gasteiger partial charge is 0.416 e. The molecule has 112 valence electrons. The summed E-state index contributed by atoms with van der Waals surface area (Å²) in [5, 5.41) is 9.42. The van der Waals surface area contributed by atoms with Gasteiger partial charge in [-0.15, -0.1) is 0 Å². The molecular formula is C14H19F3N2O. The molecule has 1 aromatic carbocycles. The Kier molecular flexibility index (Phi) is 4.55. The zero-order valence-electron chi connectivity index (χ0n) is 11.2. The minimum Gasteiger partial charge on any atom is -0.394 e. The monoisotopic (exact) mass is 288 g/mol. The normalized spacial score (nSPS) is 20.2. The van der Waals surface area contributed by atoms with Crippen LogP contribution < -0.4 is 10.6 Å². The van der Waals surface area contributed by atoms with Crippen molar-refractivity contribution in [1.29, 1.82) is 0 Å². The van der Waals surface area contributed by atoms with Gasteiger partial charge in [-0.3, -0.25) is 0 Å². The predicted octanol–water partition coefficient (Wildman–Crippen LogP) is 2.52. The highest BCUT2D eigenvalue weighted by Gasteiger charge is 2.32. The number of hydrogen-bond donors (Lipinski definition) is 2. The van der Waals surface area contributed by atoms with Crippen molar-refractivity contribution in [3.8, 4) is 0 Å². The molecule has 3 N–H and O–H groups in total. The topological polar surface area (TPSA) is 49.5 Å². The molecule has 0 bridgehead atoms. The third-order valence-corrected chi connectivity index (χ3v) is 3.77. The highest BCUT2D eigenvalue weighted by atomic mass is 19.4. The molecular weight excluding hydrogens is 269 g/mol. The quantitative estimate of drug-likeness (QED) is 0.898. The van der Waals surface area contributed by atoms with E-state index in [0.717, 1.165) is 37.9 Å². The van der Waals surface area contributed by atoms with E-state index >= 15 is 0 Å². The minimum atomic E-state index is -4.36. The maximum Gasteiger partial charge on any atom is 0.416 e. The number of alkyl halides is 3. The maximum atomic E-state index is 12.7. The van der Waals surface area contributed by atoms with Crippen LogP contribution in [0.1, 0.15) is 30.4 Å². The fourth-order valence-electron chi connectivity index (χ4n) is 2.71. The molecule has 0 spiro atoms. The summed E-state index contributed by atoms with van der Waals surface area (Å²) >= 11 is 0. The number of aliphatic hydroxyl groups excluding tert-OH is 1. The van der Waals surface area contributed by atoms with Crippen molar-refractivity contribution >= 4 is 5.69 Å². The second-order valence-electron chi connectivity index (χ2n) is 5.07. The van der Waals surface area contributed by atoms with E-state index in [0.29, 0.717) is 11.3 Å². The third kappa shape index (κ3) is 3.07. The molecule has 0 radical (unpaired) electrons. The van der Waals surface area contributed by atoms with Gasteiger partial charge in [-0.1, -0.05) is 0 Å². The zero-order chi connectivity index (χ0) is 14.8. The Labute approximate surface area is 116 Å². The molecule has 3 nitrogen and oxygen atoms in total. The summed E-state index contributed by atoms with van der Waals surface area (Å²) in [4.78, 5) is 1.98. The SMILES string of the molecule is NCc1cc(C(F)(F)F)ccc1N1CCCCC1CO. The van der Waals surface area contributed by atoms with Crippen LogP contribution in [0.15, 0.2) is 18.2 Å². The molecule has 1 aromatic rings. The highest BCUT2D eigenvalue weighted by Crippen LogP contribution is 2.34. The van der Waals surface area contributed by atoms with Crippen LogP contribution in [-0.2, 0) is 12.7 Å². The van der Waals surface area contributed by atoms with E-state index in [9.17, 15) is 18.3 Å². The van der Waals surface area contributed by atoms with Gasteiger partial charge in [0.15, 0.2) is 0 Å². The van der Waals surface area contributed by atoms with E-state index in [4.69, 9.17) is 5.73 Å². The van der Waals surface area contributed by atoms with Gasteiger partial charge in [0.1, 0.15) is 0 Å². The number of anilines is 1. The number of piperidine rings is 1. The summed E-state index contributed by atoms with van der Waals surface area (Å²) in [7, 11) is 0. The van der Waals surface area contributed by atoms with Gasteiger partial charge in [0.2, 0.25) is 0 Å². The van der Waals surface area contributed by atoms with E-state index in [1.165, 1.54) is 6.07 Å². The van der Waals surface area contributed by atoms with Crippen molar-refractivity contribution in [3.05, 3.63) is 29.3 Å². The lowest BCUT2D eigenvalue weighted by molar-refractivity contribution is -0.137. The van der Waals surface area contributed by atoms with E-state index in [1.807, 2.05) is 4.90 Å². The summed E-state index contributed by atoms with van der Waals surface area (Å²) in [5.41, 5.74) is 6.10. The first-order valence-corrected chi connectivity index (χ1v) is 6.75. The highest BCUT2D eigenvalue weighted by molar-refractivity contribution is 5.56. The third-order valence-electron chi connectivity index (χ3n) is 3.77. The van der Waals surface area contributed by atoms with Crippen molar-refractivity contribution in [3.63, 3.8) is 0 Å². The zero-order valence-corrected chi connectivity index (χ0v) is 11.2. The van der Waals surface area contributed by atoms with Crippen molar-refractivity contribution in [2.24, 2.45) is 5.73 Å². The Bertz CT molecular complexity index is 462. The summed E-state index contributed by atoms with van der Waals surface area (Å²) in [6.07, 6.45) is -1.51. The number of nitrogens with zero attached hydrogens (tertiary/aromatic N) is 1. The van der Waals surface area contributed by atoms with Gasteiger partial charge in [-0.05, 0) is 43.0 Å². The first kappa shape index (κ1) is 15.1. The van der Waals surface area contributed by atoms with Crippen LogP contribution in [0.5, 0.6) is 0 Å². The van der Waals surface area contributed by atoms with Crippen LogP contribution in [0.2, 0.25) is 0 Å². The average Bonchev–Trinajstić information content (AvgIpc) is 2.45. The number of nitrogens with two attached hydrogens (primary N) is 1. The molecule has 6 heteroatoms. The van der Waals surface area contributed by atoms with E-state index in [1.54, 1.807) is 0 Å². The second kappa shape index (κ2) is 6.01. The summed E-state index contributed by atoms with van der Waals surface area (Å²) in [6, 6.07) is 3.63. The molecule has 2 rings (SSSR count). The van der Waals surface area contributed by atoms with Gasteiger partial charge in [0, 0.05) is 18.8 Å². The lowest BCUT2D eigenvalue weighted by atomic mass is 9.99. The van der Waals surface area contributed by atoms with Crippen molar-refractivity contribution in [2.45, 2.75) is 38.0 Å². The van der Waals surface area contributed by atoms with Crippen LogP contribution in [-0.4, -0.2) is 24.3 Å². The molecule has 0 aliphatic carbocycles. The van der Waals surface area contributed by atoms with Crippen LogP contribution >= 0.6 is 0 Å². The Morgan fingerprint density at radius 2 is 2.05 bits per heavy atom. The average molecular weight is 288 g/mol. The van der Waals surface area contributed by atoms with E-state index < -0.39 is 11.7 Å². The van der Waals surface area contributed by atoms with Crippen LogP contribution in [0.3, 0.4) is 0 Å². The number of aliphatic hydroxyl groups is 1.